The lowest BCUT2D eigenvalue weighted by Gasteiger charge is -2.34. The minimum atomic E-state index is -2.90. The first-order valence-corrected chi connectivity index (χ1v) is 10.4. The van der Waals surface area contributed by atoms with Gasteiger partial charge in [-0.05, 0) is 51.0 Å². The van der Waals surface area contributed by atoms with E-state index in [1.54, 1.807) is 0 Å². The first-order chi connectivity index (χ1) is 9.99. The van der Waals surface area contributed by atoms with Crippen molar-refractivity contribution in [3.05, 3.63) is 0 Å². The molecule has 3 unspecified atom stereocenters. The van der Waals surface area contributed by atoms with Gasteiger partial charge in [0, 0.05) is 25.5 Å². The molecule has 3 atom stereocenters. The molecule has 1 saturated carbocycles. The highest BCUT2D eigenvalue weighted by Gasteiger charge is 2.32. The fourth-order valence-corrected chi connectivity index (χ4v) is 4.42. The van der Waals surface area contributed by atoms with E-state index in [2.05, 4.69) is 19.2 Å². The van der Waals surface area contributed by atoms with Gasteiger partial charge >= 0.3 is 0 Å². The summed E-state index contributed by atoms with van der Waals surface area (Å²) in [5, 5.41) is 3.47. The highest BCUT2D eigenvalue weighted by Crippen LogP contribution is 2.31. The Morgan fingerprint density at radius 3 is 2.57 bits per heavy atom. The van der Waals surface area contributed by atoms with Crippen LogP contribution in [-0.4, -0.2) is 45.7 Å². The van der Waals surface area contributed by atoms with Gasteiger partial charge in [0.15, 0.2) is 0 Å². The molecule has 0 aliphatic heterocycles. The normalized spacial score (nSPS) is 24.9. The van der Waals surface area contributed by atoms with Gasteiger partial charge in [-0.3, -0.25) is 0 Å². The predicted octanol–water partition coefficient (Wildman–Crippen LogP) is 2.77. The summed E-state index contributed by atoms with van der Waals surface area (Å²) in [7, 11) is -2.90. The van der Waals surface area contributed by atoms with Crippen LogP contribution in [0.25, 0.3) is 0 Å². The van der Waals surface area contributed by atoms with Crippen LogP contribution in [0.4, 0.5) is 0 Å². The number of rotatable bonds is 10. The van der Waals surface area contributed by atoms with Gasteiger partial charge in [0.1, 0.15) is 9.84 Å². The van der Waals surface area contributed by atoms with Crippen molar-refractivity contribution in [1.82, 2.24) is 5.32 Å². The molecule has 4 nitrogen and oxygen atoms in total. The summed E-state index contributed by atoms with van der Waals surface area (Å²) in [5.74, 6) is 0.468. The quantitative estimate of drug-likeness (QED) is 0.629. The topological polar surface area (TPSA) is 55.4 Å². The summed E-state index contributed by atoms with van der Waals surface area (Å²) in [4.78, 5) is 0. The molecule has 1 aliphatic rings. The summed E-state index contributed by atoms with van der Waals surface area (Å²) in [6.07, 6.45) is 8.35. The zero-order valence-corrected chi connectivity index (χ0v) is 14.8. The largest absolute Gasteiger partial charge is 0.381 e. The van der Waals surface area contributed by atoms with Gasteiger partial charge in [-0.2, -0.15) is 0 Å². The van der Waals surface area contributed by atoms with Crippen LogP contribution in [-0.2, 0) is 14.6 Å². The Morgan fingerprint density at radius 1 is 1.19 bits per heavy atom. The van der Waals surface area contributed by atoms with Gasteiger partial charge < -0.3 is 10.1 Å². The number of nitrogens with one attached hydrogen (secondary N) is 1. The van der Waals surface area contributed by atoms with Gasteiger partial charge in [-0.25, -0.2) is 8.42 Å². The Hall–Kier alpha value is -0.130. The minimum absolute atomic E-state index is 0.140. The van der Waals surface area contributed by atoms with Crippen molar-refractivity contribution in [2.24, 2.45) is 5.92 Å². The number of hydrogen-bond donors (Lipinski definition) is 1. The lowest BCUT2D eigenvalue weighted by Crippen LogP contribution is -2.42. The molecule has 0 aromatic carbocycles. The van der Waals surface area contributed by atoms with Crippen molar-refractivity contribution < 1.29 is 13.2 Å². The monoisotopic (exact) mass is 319 g/mol. The fourth-order valence-electron chi connectivity index (χ4n) is 3.23. The lowest BCUT2D eigenvalue weighted by atomic mass is 9.82. The number of hydrogen-bond acceptors (Lipinski definition) is 4. The van der Waals surface area contributed by atoms with Crippen LogP contribution in [0.15, 0.2) is 0 Å². The molecule has 1 rings (SSSR count). The average Bonchev–Trinajstić information content (AvgIpc) is 2.46. The van der Waals surface area contributed by atoms with Gasteiger partial charge in [0.2, 0.25) is 0 Å². The average molecular weight is 320 g/mol. The third kappa shape index (κ3) is 7.11. The lowest BCUT2D eigenvalue weighted by molar-refractivity contribution is 0.113. The van der Waals surface area contributed by atoms with Crippen molar-refractivity contribution >= 4 is 9.84 Å². The van der Waals surface area contributed by atoms with Crippen LogP contribution >= 0.6 is 0 Å². The summed E-state index contributed by atoms with van der Waals surface area (Å²) < 4.78 is 29.3. The first kappa shape index (κ1) is 18.9. The maximum absolute atomic E-state index is 11.8. The van der Waals surface area contributed by atoms with E-state index in [9.17, 15) is 8.42 Å². The van der Waals surface area contributed by atoms with Crippen LogP contribution < -0.4 is 5.32 Å². The Labute approximate surface area is 130 Å². The molecular weight excluding hydrogens is 286 g/mol. The van der Waals surface area contributed by atoms with E-state index in [-0.39, 0.29) is 5.25 Å². The minimum Gasteiger partial charge on any atom is -0.381 e. The summed E-state index contributed by atoms with van der Waals surface area (Å²) >= 11 is 0. The van der Waals surface area contributed by atoms with E-state index in [4.69, 9.17) is 4.74 Å². The summed E-state index contributed by atoms with van der Waals surface area (Å²) in [5.41, 5.74) is 0. The smallest absolute Gasteiger partial charge is 0.150 e. The highest BCUT2D eigenvalue weighted by molar-refractivity contribution is 7.91. The molecule has 1 N–H and O–H groups in total. The molecule has 0 heterocycles. The maximum atomic E-state index is 11.8. The third-order valence-corrected chi connectivity index (χ3v) is 6.06. The van der Waals surface area contributed by atoms with Crippen LogP contribution in [0.3, 0.4) is 0 Å². The first-order valence-electron chi connectivity index (χ1n) is 8.49. The number of sulfone groups is 1. The van der Waals surface area contributed by atoms with E-state index in [0.29, 0.717) is 12.0 Å². The highest BCUT2D eigenvalue weighted by atomic mass is 32.2. The summed E-state index contributed by atoms with van der Waals surface area (Å²) in [6.45, 7) is 6.87. The Morgan fingerprint density at radius 2 is 1.95 bits per heavy atom. The van der Waals surface area contributed by atoms with Crippen molar-refractivity contribution in [3.8, 4) is 0 Å². The van der Waals surface area contributed by atoms with Crippen LogP contribution in [0.5, 0.6) is 0 Å². The van der Waals surface area contributed by atoms with Gasteiger partial charge in [0.05, 0.1) is 5.25 Å². The SMILES string of the molecule is CCCNC(CCOCCC)C1CCCC(S(C)(=O)=O)C1. The molecular formula is C16H33NO3S. The van der Waals surface area contributed by atoms with E-state index < -0.39 is 9.84 Å². The second-order valence-electron chi connectivity index (χ2n) is 6.34. The standard InChI is InChI=1S/C16H33NO3S/c1-4-10-17-16(9-12-20-11-5-2)14-7-6-8-15(13-14)21(3,18)19/h14-17H,4-13H2,1-3H3. The number of ether oxygens (including phenoxy) is 1. The van der Waals surface area contributed by atoms with Crippen molar-refractivity contribution in [1.29, 1.82) is 0 Å². The summed E-state index contributed by atoms with van der Waals surface area (Å²) in [6, 6.07) is 0.395. The molecule has 0 saturated heterocycles. The predicted molar refractivity (Wildman–Crippen MR) is 88.4 cm³/mol. The fraction of sp³-hybridized carbons (Fsp3) is 1.00. The zero-order chi connectivity index (χ0) is 15.7. The van der Waals surface area contributed by atoms with E-state index in [0.717, 1.165) is 64.7 Å². The van der Waals surface area contributed by atoms with Crippen molar-refractivity contribution in [2.45, 2.75) is 70.1 Å². The van der Waals surface area contributed by atoms with Gasteiger partial charge in [0.25, 0.3) is 0 Å². The third-order valence-electron chi connectivity index (χ3n) is 4.42. The maximum Gasteiger partial charge on any atom is 0.150 e. The van der Waals surface area contributed by atoms with Gasteiger partial charge in [-0.15, -0.1) is 0 Å². The molecule has 1 fully saturated rings. The molecule has 0 spiro atoms. The zero-order valence-electron chi connectivity index (χ0n) is 13.9. The van der Waals surface area contributed by atoms with E-state index in [1.807, 2.05) is 0 Å². The van der Waals surface area contributed by atoms with Crippen molar-refractivity contribution in [2.75, 3.05) is 26.0 Å². The molecule has 0 radical (unpaired) electrons. The van der Waals surface area contributed by atoms with Gasteiger partial charge in [-0.1, -0.05) is 20.3 Å². The van der Waals surface area contributed by atoms with E-state index >= 15 is 0 Å². The second kappa shape index (κ2) is 9.80. The molecule has 0 aromatic heterocycles. The molecule has 1 aliphatic carbocycles. The van der Waals surface area contributed by atoms with E-state index in [1.165, 1.54) is 6.26 Å². The molecule has 5 heteroatoms. The molecule has 0 aromatic rings. The van der Waals surface area contributed by atoms with Crippen molar-refractivity contribution in [3.63, 3.8) is 0 Å². The Kier molecular flexibility index (Phi) is 8.83. The Bertz CT molecular complexity index is 370. The van der Waals surface area contributed by atoms with Crippen LogP contribution in [0.2, 0.25) is 0 Å². The molecule has 0 amide bonds. The second-order valence-corrected chi connectivity index (χ2v) is 8.67. The molecule has 0 bridgehead atoms. The van der Waals surface area contributed by atoms with Crippen LogP contribution in [0.1, 0.15) is 58.8 Å². The molecule has 21 heavy (non-hydrogen) atoms. The molecule has 126 valence electrons. The van der Waals surface area contributed by atoms with Crippen LogP contribution in [0, 0.1) is 5.92 Å². The Balaban J connectivity index is 2.55.